The van der Waals surface area contributed by atoms with Gasteiger partial charge in [-0.3, -0.25) is 0 Å². The normalized spacial score (nSPS) is 10.7. The van der Waals surface area contributed by atoms with Crippen molar-refractivity contribution in [1.29, 1.82) is 0 Å². The van der Waals surface area contributed by atoms with Crippen LogP contribution in [0.15, 0.2) is 11.4 Å². The van der Waals surface area contributed by atoms with E-state index >= 15 is 0 Å². The second-order valence-corrected chi connectivity index (χ2v) is 5.41. The Labute approximate surface area is 112 Å². The zero-order valence-electron chi connectivity index (χ0n) is 11.4. The van der Waals surface area contributed by atoms with Gasteiger partial charge in [0.05, 0.1) is 5.69 Å². The molecule has 96 valence electrons. The highest BCUT2D eigenvalue weighted by atomic mass is 32.1. The van der Waals surface area contributed by atoms with E-state index in [1.165, 1.54) is 10.4 Å². The molecule has 0 bridgehead atoms. The fourth-order valence-corrected chi connectivity index (χ4v) is 2.60. The average molecular weight is 261 g/mol. The molecule has 4 heteroatoms. The summed E-state index contributed by atoms with van der Waals surface area (Å²) in [5.74, 6) is 1.86. The third-order valence-corrected chi connectivity index (χ3v) is 3.72. The largest absolute Gasteiger partial charge is 0.370 e. The van der Waals surface area contributed by atoms with Gasteiger partial charge < -0.3 is 5.32 Å². The molecule has 0 aromatic carbocycles. The Bertz CT molecular complexity index is 546. The van der Waals surface area contributed by atoms with Gasteiger partial charge in [0.2, 0.25) is 0 Å². The molecule has 0 amide bonds. The zero-order chi connectivity index (χ0) is 13.1. The highest BCUT2D eigenvalue weighted by Crippen LogP contribution is 2.29. The number of hydrogen-bond acceptors (Lipinski definition) is 4. The predicted molar refractivity (Wildman–Crippen MR) is 78.4 cm³/mol. The van der Waals surface area contributed by atoms with E-state index in [0.29, 0.717) is 0 Å². The molecule has 0 unspecified atom stereocenters. The van der Waals surface area contributed by atoms with Crippen LogP contribution in [0.3, 0.4) is 0 Å². The maximum absolute atomic E-state index is 4.67. The first-order chi connectivity index (χ1) is 8.65. The molecular formula is C14H19N3S. The zero-order valence-corrected chi connectivity index (χ0v) is 12.2. The summed E-state index contributed by atoms with van der Waals surface area (Å²) in [6, 6.07) is 2.19. The molecule has 3 nitrogen and oxygen atoms in total. The molecule has 2 aromatic heterocycles. The third-order valence-electron chi connectivity index (χ3n) is 2.86. The number of nitrogens with one attached hydrogen (secondary N) is 1. The van der Waals surface area contributed by atoms with Gasteiger partial charge in [0.15, 0.2) is 0 Å². The van der Waals surface area contributed by atoms with Crippen LogP contribution < -0.4 is 5.32 Å². The minimum Gasteiger partial charge on any atom is -0.370 e. The Morgan fingerprint density at radius 2 is 2.00 bits per heavy atom. The van der Waals surface area contributed by atoms with E-state index in [2.05, 4.69) is 54.4 Å². The van der Waals surface area contributed by atoms with E-state index in [-0.39, 0.29) is 0 Å². The predicted octanol–water partition coefficient (Wildman–Crippen LogP) is 3.82. The van der Waals surface area contributed by atoms with Crippen molar-refractivity contribution in [3.63, 3.8) is 0 Å². The van der Waals surface area contributed by atoms with Crippen molar-refractivity contribution in [2.75, 3.05) is 11.9 Å². The van der Waals surface area contributed by atoms with Crippen molar-refractivity contribution in [3.05, 3.63) is 27.7 Å². The fraction of sp³-hybridized carbons (Fsp3) is 0.429. The van der Waals surface area contributed by atoms with Crippen molar-refractivity contribution >= 4 is 17.2 Å². The van der Waals surface area contributed by atoms with Crippen molar-refractivity contribution in [2.45, 2.75) is 34.1 Å². The Morgan fingerprint density at radius 1 is 1.22 bits per heavy atom. The van der Waals surface area contributed by atoms with Gasteiger partial charge in [-0.15, -0.1) is 11.3 Å². The van der Waals surface area contributed by atoms with Crippen molar-refractivity contribution in [1.82, 2.24) is 9.97 Å². The van der Waals surface area contributed by atoms with Crippen LogP contribution >= 0.6 is 11.3 Å². The molecule has 0 atom stereocenters. The maximum atomic E-state index is 4.67. The second kappa shape index (κ2) is 5.48. The van der Waals surface area contributed by atoms with E-state index in [4.69, 9.17) is 0 Å². The number of thiophene rings is 1. The fourth-order valence-electron chi connectivity index (χ4n) is 1.91. The number of aryl methyl sites for hydroxylation is 2. The molecule has 1 N–H and O–H groups in total. The molecule has 0 aliphatic carbocycles. The standard InChI is InChI=1S/C14H19N3S/c1-5-12-16-13(11-7-9(3)18-8-11)10(4)14(17-12)15-6-2/h7-8H,5-6H2,1-4H3,(H,15,16,17). The smallest absolute Gasteiger partial charge is 0.133 e. The number of rotatable bonds is 4. The summed E-state index contributed by atoms with van der Waals surface area (Å²) in [5.41, 5.74) is 3.39. The van der Waals surface area contributed by atoms with Gasteiger partial charge in [-0.1, -0.05) is 6.92 Å². The van der Waals surface area contributed by atoms with Crippen LogP contribution in [-0.4, -0.2) is 16.5 Å². The van der Waals surface area contributed by atoms with Crippen LogP contribution in [0.1, 0.15) is 30.1 Å². The Morgan fingerprint density at radius 3 is 2.56 bits per heavy atom. The molecule has 2 rings (SSSR count). The third kappa shape index (κ3) is 2.53. The Kier molecular flexibility index (Phi) is 3.97. The summed E-state index contributed by atoms with van der Waals surface area (Å²) in [6.45, 7) is 9.25. The van der Waals surface area contributed by atoms with Crippen molar-refractivity contribution < 1.29 is 0 Å². The highest BCUT2D eigenvalue weighted by molar-refractivity contribution is 7.10. The van der Waals surface area contributed by atoms with E-state index in [1.807, 2.05) is 0 Å². The van der Waals surface area contributed by atoms with Gasteiger partial charge in [-0.25, -0.2) is 9.97 Å². The minimum absolute atomic E-state index is 0.856. The summed E-state index contributed by atoms with van der Waals surface area (Å²) in [5, 5.41) is 5.49. The first kappa shape index (κ1) is 13.0. The first-order valence-corrected chi connectivity index (χ1v) is 7.20. The van der Waals surface area contributed by atoms with E-state index in [9.17, 15) is 0 Å². The van der Waals surface area contributed by atoms with Gasteiger partial charge in [-0.2, -0.15) is 0 Å². The maximum Gasteiger partial charge on any atom is 0.133 e. The SMILES string of the molecule is CCNc1nc(CC)nc(-c2csc(C)c2)c1C. The molecule has 0 aliphatic rings. The van der Waals surface area contributed by atoms with Gasteiger partial charge in [0.1, 0.15) is 11.6 Å². The van der Waals surface area contributed by atoms with Crippen LogP contribution in [0, 0.1) is 13.8 Å². The number of hydrogen-bond donors (Lipinski definition) is 1. The molecule has 2 aromatic rings. The van der Waals surface area contributed by atoms with Crippen LogP contribution in [0.4, 0.5) is 5.82 Å². The molecule has 18 heavy (non-hydrogen) atoms. The lowest BCUT2D eigenvalue weighted by molar-refractivity contribution is 0.930. The number of anilines is 1. The van der Waals surface area contributed by atoms with Gasteiger partial charge in [0.25, 0.3) is 0 Å². The molecule has 0 radical (unpaired) electrons. The summed E-state index contributed by atoms with van der Waals surface area (Å²) in [4.78, 5) is 10.5. The summed E-state index contributed by atoms with van der Waals surface area (Å²) in [7, 11) is 0. The molecule has 0 fully saturated rings. The van der Waals surface area contributed by atoms with Crippen molar-refractivity contribution in [2.24, 2.45) is 0 Å². The van der Waals surface area contributed by atoms with Crippen LogP contribution in [0.5, 0.6) is 0 Å². The Hall–Kier alpha value is -1.42. The lowest BCUT2D eigenvalue weighted by Gasteiger charge is -2.12. The summed E-state index contributed by atoms with van der Waals surface area (Å²) >= 11 is 1.76. The molecule has 2 heterocycles. The number of aromatic nitrogens is 2. The average Bonchev–Trinajstić information content (AvgIpc) is 2.78. The van der Waals surface area contributed by atoms with Crippen molar-refractivity contribution in [3.8, 4) is 11.3 Å². The molecular weight excluding hydrogens is 242 g/mol. The van der Waals surface area contributed by atoms with Crippen LogP contribution in [0.25, 0.3) is 11.3 Å². The lowest BCUT2D eigenvalue weighted by Crippen LogP contribution is -2.07. The van der Waals surface area contributed by atoms with Gasteiger partial charge >= 0.3 is 0 Å². The minimum atomic E-state index is 0.856. The van der Waals surface area contributed by atoms with E-state index in [1.54, 1.807) is 11.3 Å². The lowest BCUT2D eigenvalue weighted by atomic mass is 10.1. The molecule has 0 aliphatic heterocycles. The van der Waals surface area contributed by atoms with Gasteiger partial charge in [-0.05, 0) is 26.8 Å². The molecule has 0 spiro atoms. The van der Waals surface area contributed by atoms with Crippen LogP contribution in [-0.2, 0) is 6.42 Å². The quantitative estimate of drug-likeness (QED) is 0.909. The monoisotopic (exact) mass is 261 g/mol. The second-order valence-electron chi connectivity index (χ2n) is 4.29. The number of nitrogens with zero attached hydrogens (tertiary/aromatic N) is 2. The van der Waals surface area contributed by atoms with Gasteiger partial charge in [0, 0.05) is 34.3 Å². The van der Waals surface area contributed by atoms with E-state index < -0.39 is 0 Å². The van der Waals surface area contributed by atoms with E-state index in [0.717, 1.165) is 35.9 Å². The molecule has 0 saturated carbocycles. The topological polar surface area (TPSA) is 37.8 Å². The Balaban J connectivity index is 2.54. The molecule has 0 saturated heterocycles. The highest BCUT2D eigenvalue weighted by Gasteiger charge is 2.12. The van der Waals surface area contributed by atoms with Crippen LogP contribution in [0.2, 0.25) is 0 Å². The summed E-state index contributed by atoms with van der Waals surface area (Å²) in [6.07, 6.45) is 0.856. The summed E-state index contributed by atoms with van der Waals surface area (Å²) < 4.78 is 0. The first-order valence-electron chi connectivity index (χ1n) is 6.32.